The number of benzene rings is 2. The van der Waals surface area contributed by atoms with Crippen LogP contribution in [0.25, 0.3) is 0 Å². The molecule has 1 fully saturated rings. The molecule has 4 rings (SSSR count). The minimum absolute atomic E-state index is 0.103. The van der Waals surface area contributed by atoms with Gasteiger partial charge in [-0.15, -0.1) is 0 Å². The van der Waals surface area contributed by atoms with Crippen molar-refractivity contribution in [2.75, 3.05) is 5.32 Å². The van der Waals surface area contributed by atoms with E-state index in [0.717, 1.165) is 18.4 Å². The Morgan fingerprint density at radius 2 is 1.78 bits per heavy atom. The average molecular weight is 454 g/mol. The van der Waals surface area contributed by atoms with E-state index in [4.69, 9.17) is 0 Å². The smallest absolute Gasteiger partial charge is 0.273 e. The van der Waals surface area contributed by atoms with Gasteiger partial charge >= 0.3 is 0 Å². The van der Waals surface area contributed by atoms with Crippen molar-refractivity contribution in [3.05, 3.63) is 77.1 Å². The predicted molar refractivity (Wildman–Crippen MR) is 121 cm³/mol. The highest BCUT2D eigenvalue weighted by Crippen LogP contribution is 2.22. The highest BCUT2D eigenvalue weighted by atomic mass is 32.2. The van der Waals surface area contributed by atoms with E-state index in [9.17, 15) is 18.4 Å². The summed E-state index contributed by atoms with van der Waals surface area (Å²) in [7, 11) is 1.44. The van der Waals surface area contributed by atoms with Crippen molar-refractivity contribution in [3.63, 3.8) is 0 Å². The average Bonchev–Trinajstić information content (AvgIpc) is 3.48. The maximum absolute atomic E-state index is 12.4. The van der Waals surface area contributed by atoms with Crippen molar-refractivity contribution in [1.29, 1.82) is 0 Å². The van der Waals surface area contributed by atoms with Crippen molar-refractivity contribution >= 4 is 28.6 Å². The summed E-state index contributed by atoms with van der Waals surface area (Å²) in [6, 6.07) is 15.6. The molecule has 0 saturated heterocycles. The number of imidazole rings is 1. The van der Waals surface area contributed by atoms with Crippen LogP contribution in [0.4, 0.5) is 5.69 Å². The summed E-state index contributed by atoms with van der Waals surface area (Å²) in [5, 5.41) is 5.37. The summed E-state index contributed by atoms with van der Waals surface area (Å²) in [5.41, 5.74) is 3.15. The Morgan fingerprint density at radius 1 is 1.09 bits per heavy atom. The van der Waals surface area contributed by atoms with Crippen LogP contribution in [0.15, 0.2) is 59.9 Å². The fourth-order valence-corrected chi connectivity index (χ4v) is 3.33. The van der Waals surface area contributed by atoms with Gasteiger partial charge in [-0.25, -0.2) is 4.98 Å². The summed E-state index contributed by atoms with van der Waals surface area (Å²) < 4.78 is 23.2. The molecule has 32 heavy (non-hydrogen) atoms. The Morgan fingerprint density at radius 3 is 2.31 bits per heavy atom. The van der Waals surface area contributed by atoms with Crippen LogP contribution in [0.2, 0.25) is 0 Å². The zero-order valence-corrected chi connectivity index (χ0v) is 18.9. The normalized spacial score (nSPS) is 13.5. The first-order valence-corrected chi connectivity index (χ1v) is 11.2. The number of hydrogen-bond donors (Lipinski definition) is 2. The second-order valence-electron chi connectivity index (χ2n) is 7.61. The molecule has 168 valence electrons. The lowest BCUT2D eigenvalue weighted by molar-refractivity contribution is 0.0949. The second kappa shape index (κ2) is 10.3. The minimum atomic E-state index is -2.53. The van der Waals surface area contributed by atoms with E-state index in [1.165, 1.54) is 23.4 Å². The van der Waals surface area contributed by atoms with Gasteiger partial charge in [0.2, 0.25) is 0 Å². The van der Waals surface area contributed by atoms with Gasteiger partial charge in [0, 0.05) is 35.4 Å². The molecule has 1 saturated carbocycles. The Hall–Kier alpha value is -3.30. The predicted octanol–water partition coefficient (Wildman–Crippen LogP) is 3.11. The molecule has 0 radical (unpaired) electrons. The zero-order chi connectivity index (χ0) is 23.3. The van der Waals surface area contributed by atoms with Crippen molar-refractivity contribution < 1.29 is 18.4 Å². The molecular weight excluding hydrogens is 428 g/mol. The monoisotopic (exact) mass is 453 g/mol. The number of carbonyl (C=O) groups excluding carboxylic acids is 2. The summed E-state index contributed by atoms with van der Waals surface area (Å²) >= 11 is -2.53. The molecule has 1 atom stereocenters. The molecule has 1 heterocycles. The van der Waals surface area contributed by atoms with Gasteiger partial charge in [0.05, 0.1) is 6.20 Å². The molecular formula is C23H25N4O4S-. The van der Waals surface area contributed by atoms with Crippen LogP contribution in [-0.2, 0) is 18.1 Å². The molecule has 1 unspecified atom stereocenters. The molecule has 9 heteroatoms. The van der Waals surface area contributed by atoms with Crippen LogP contribution in [0.1, 0.15) is 44.8 Å². The molecule has 1 aromatic heterocycles. The Bertz CT molecular complexity index is 1140. The van der Waals surface area contributed by atoms with Crippen LogP contribution in [-0.4, -0.2) is 36.2 Å². The lowest BCUT2D eigenvalue weighted by Gasteiger charge is -2.12. The topological polar surface area (TPSA) is 116 Å². The van der Waals surface area contributed by atoms with Crippen LogP contribution < -0.4 is 10.6 Å². The number of aromatic nitrogens is 2. The Kier molecular flexibility index (Phi) is 7.55. The molecule has 0 spiro atoms. The molecule has 2 N–H and O–H groups in total. The highest BCUT2D eigenvalue weighted by Gasteiger charge is 2.24. The van der Waals surface area contributed by atoms with Crippen LogP contribution >= 0.6 is 0 Å². The summed E-state index contributed by atoms with van der Waals surface area (Å²) in [6.45, 7) is 3.89. The van der Waals surface area contributed by atoms with Gasteiger partial charge in [0.25, 0.3) is 11.8 Å². The van der Waals surface area contributed by atoms with Gasteiger partial charge in [0.1, 0.15) is 5.69 Å². The van der Waals surface area contributed by atoms with E-state index in [2.05, 4.69) is 34.7 Å². The van der Waals surface area contributed by atoms with Gasteiger partial charge in [-0.3, -0.25) is 13.8 Å². The third-order valence-corrected chi connectivity index (χ3v) is 5.61. The van der Waals surface area contributed by atoms with Crippen LogP contribution in [0, 0.1) is 13.8 Å². The Balaban J connectivity index is 0.000000352. The lowest BCUT2D eigenvalue weighted by atomic mass is 10.1. The molecule has 2 aromatic carbocycles. The summed E-state index contributed by atoms with van der Waals surface area (Å²) in [5.74, 6) is -0.683. The maximum atomic E-state index is 12.4. The fourth-order valence-electron chi connectivity index (χ4n) is 2.87. The maximum Gasteiger partial charge on any atom is 0.273 e. The van der Waals surface area contributed by atoms with Gasteiger partial charge in [-0.05, 0) is 44.4 Å². The quantitative estimate of drug-likeness (QED) is 0.576. The van der Waals surface area contributed by atoms with E-state index in [-0.39, 0.29) is 22.8 Å². The second-order valence-corrected chi connectivity index (χ2v) is 8.44. The molecule has 2 amide bonds. The SMILES string of the molecule is Cc1ccc(C(=O)NC2CC2)cc1NC(=O)c1cnc(S(=O)[O-])n1C.Cc1ccccc1. The molecule has 8 nitrogen and oxygen atoms in total. The van der Waals surface area contributed by atoms with E-state index in [0.29, 0.717) is 11.3 Å². The molecule has 0 aliphatic heterocycles. The number of rotatable bonds is 5. The number of nitrogens with one attached hydrogen (secondary N) is 2. The lowest BCUT2D eigenvalue weighted by Crippen LogP contribution is -2.25. The van der Waals surface area contributed by atoms with Crippen molar-refractivity contribution in [3.8, 4) is 0 Å². The number of amides is 2. The van der Waals surface area contributed by atoms with Crippen molar-refractivity contribution in [2.45, 2.75) is 37.9 Å². The number of hydrogen-bond acceptors (Lipinski definition) is 5. The molecule has 1 aliphatic carbocycles. The van der Waals surface area contributed by atoms with E-state index in [1.807, 2.05) is 18.2 Å². The minimum Gasteiger partial charge on any atom is -0.766 e. The summed E-state index contributed by atoms with van der Waals surface area (Å²) in [6.07, 6.45) is 3.18. The van der Waals surface area contributed by atoms with E-state index >= 15 is 0 Å². The highest BCUT2D eigenvalue weighted by molar-refractivity contribution is 7.79. The third-order valence-electron chi connectivity index (χ3n) is 4.93. The zero-order valence-electron chi connectivity index (χ0n) is 18.1. The third kappa shape index (κ3) is 6.12. The van der Waals surface area contributed by atoms with Gasteiger partial charge < -0.3 is 19.8 Å². The Labute approximate surface area is 189 Å². The first kappa shape index (κ1) is 23.4. The van der Waals surface area contributed by atoms with Gasteiger partial charge in [-0.2, -0.15) is 0 Å². The molecule has 0 bridgehead atoms. The van der Waals surface area contributed by atoms with Gasteiger partial charge in [-0.1, -0.05) is 42.0 Å². The van der Waals surface area contributed by atoms with E-state index in [1.54, 1.807) is 25.1 Å². The van der Waals surface area contributed by atoms with Crippen molar-refractivity contribution in [1.82, 2.24) is 14.9 Å². The number of anilines is 1. The summed E-state index contributed by atoms with van der Waals surface area (Å²) in [4.78, 5) is 28.3. The number of nitrogens with zero attached hydrogens (tertiary/aromatic N) is 2. The van der Waals surface area contributed by atoms with Crippen LogP contribution in [0.3, 0.4) is 0 Å². The van der Waals surface area contributed by atoms with E-state index < -0.39 is 17.0 Å². The van der Waals surface area contributed by atoms with Crippen molar-refractivity contribution in [2.24, 2.45) is 7.05 Å². The first-order chi connectivity index (χ1) is 15.3. The largest absolute Gasteiger partial charge is 0.766 e. The molecule has 3 aromatic rings. The number of carbonyl (C=O) groups is 2. The number of aryl methyl sites for hydroxylation is 2. The van der Waals surface area contributed by atoms with Crippen LogP contribution in [0.5, 0.6) is 0 Å². The molecule has 1 aliphatic rings. The van der Waals surface area contributed by atoms with Gasteiger partial charge in [0.15, 0.2) is 5.16 Å². The first-order valence-electron chi connectivity index (χ1n) is 10.1. The fraction of sp³-hybridized carbons (Fsp3) is 0.261. The standard InChI is InChI=1S/C16H18N4O4S.C7H8/c1-9-3-4-10(14(21)18-11-5-6-11)7-12(9)19-15(22)13-8-17-16(20(13)2)25(23)24;1-7-5-3-2-4-6-7/h3-4,7-8,11H,5-6H2,1-2H3,(H,18,21)(H,19,22)(H,23,24);2-6H,1H3/p-1.